The van der Waals surface area contributed by atoms with E-state index in [-0.39, 0.29) is 5.97 Å². The molecule has 26 heavy (non-hydrogen) atoms. The monoisotopic (exact) mass is 384 g/mol. The Hall–Kier alpha value is -0.440. The lowest BCUT2D eigenvalue weighted by Crippen LogP contribution is -2.06. The molecule has 0 aliphatic heterocycles. The van der Waals surface area contributed by atoms with Gasteiger partial charge in [-0.3, -0.25) is 4.79 Å². The van der Waals surface area contributed by atoms with Crippen LogP contribution in [-0.4, -0.2) is 18.3 Å². The average molecular weight is 385 g/mol. The quantitative estimate of drug-likeness (QED) is 0.101. The fraction of sp³-hybridized carbons (Fsp3) is 0.870. The minimum absolute atomic E-state index is 0.0634. The van der Waals surface area contributed by atoms with Crippen molar-refractivity contribution in [2.45, 2.75) is 116 Å². The highest BCUT2D eigenvalue weighted by atomic mass is 32.1. The normalized spacial score (nSPS) is 11.3. The van der Waals surface area contributed by atoms with Gasteiger partial charge in [-0.25, -0.2) is 0 Å². The van der Waals surface area contributed by atoms with Crippen LogP contribution in [0.15, 0.2) is 12.2 Å². The van der Waals surface area contributed by atoms with Crippen molar-refractivity contribution in [1.82, 2.24) is 0 Å². The Morgan fingerprint density at radius 2 is 1.19 bits per heavy atom. The molecule has 0 fully saturated rings. The van der Waals surface area contributed by atoms with Crippen molar-refractivity contribution >= 4 is 18.6 Å². The summed E-state index contributed by atoms with van der Waals surface area (Å²) in [6.07, 6.45) is 26.3. The van der Waals surface area contributed by atoms with E-state index in [1.54, 1.807) is 0 Å². The molecule has 154 valence electrons. The van der Waals surface area contributed by atoms with Gasteiger partial charge in [0.25, 0.3) is 0 Å². The number of unbranched alkanes of at least 4 members (excludes halogenated alkanes) is 14. The van der Waals surface area contributed by atoms with Crippen molar-refractivity contribution < 1.29 is 9.53 Å². The molecule has 0 saturated carbocycles. The van der Waals surface area contributed by atoms with Crippen molar-refractivity contribution in [2.24, 2.45) is 0 Å². The highest BCUT2D eigenvalue weighted by Gasteiger charge is 2.01. The predicted octanol–water partition coefficient (Wildman–Crippen LogP) is 7.67. The smallest absolute Gasteiger partial charge is 0.305 e. The number of carbonyl (C=O) groups is 1. The summed E-state index contributed by atoms with van der Waals surface area (Å²) in [4.78, 5) is 11.3. The van der Waals surface area contributed by atoms with E-state index in [0.717, 1.165) is 12.8 Å². The zero-order chi connectivity index (χ0) is 19.1. The third-order valence-electron chi connectivity index (χ3n) is 4.75. The molecule has 0 heterocycles. The number of hydrogen-bond donors (Lipinski definition) is 1. The van der Waals surface area contributed by atoms with Crippen molar-refractivity contribution in [3.63, 3.8) is 0 Å². The van der Waals surface area contributed by atoms with Gasteiger partial charge >= 0.3 is 5.97 Å². The van der Waals surface area contributed by atoms with E-state index < -0.39 is 0 Å². The molecule has 0 radical (unpaired) electrons. The van der Waals surface area contributed by atoms with E-state index in [0.29, 0.717) is 18.8 Å². The largest absolute Gasteiger partial charge is 0.465 e. The maximum atomic E-state index is 11.3. The van der Waals surface area contributed by atoms with Gasteiger partial charge in [-0.1, -0.05) is 96.1 Å². The van der Waals surface area contributed by atoms with Gasteiger partial charge in [-0.2, -0.15) is 12.6 Å². The van der Waals surface area contributed by atoms with Crippen LogP contribution < -0.4 is 0 Å². The van der Waals surface area contributed by atoms with Crippen LogP contribution >= 0.6 is 12.6 Å². The maximum absolute atomic E-state index is 11.3. The van der Waals surface area contributed by atoms with Crippen molar-refractivity contribution in [1.29, 1.82) is 0 Å². The van der Waals surface area contributed by atoms with E-state index in [9.17, 15) is 4.79 Å². The summed E-state index contributed by atoms with van der Waals surface area (Å²) in [5.74, 6) is 0.550. The van der Waals surface area contributed by atoms with E-state index in [4.69, 9.17) is 4.74 Å². The van der Waals surface area contributed by atoms with Crippen molar-refractivity contribution in [3.8, 4) is 0 Å². The third kappa shape index (κ3) is 21.6. The number of ether oxygens (including phenoxy) is 1. The lowest BCUT2D eigenvalue weighted by Gasteiger charge is -2.04. The SMILES string of the molecule is CCCC/C=C/CCCCCCCCCCCCCCC(=O)OCCS. The summed E-state index contributed by atoms with van der Waals surface area (Å²) in [5.41, 5.74) is 0. The first kappa shape index (κ1) is 25.6. The van der Waals surface area contributed by atoms with Crippen molar-refractivity contribution in [2.75, 3.05) is 12.4 Å². The fourth-order valence-electron chi connectivity index (χ4n) is 3.09. The molecule has 0 aromatic heterocycles. The molecule has 0 bridgehead atoms. The minimum atomic E-state index is -0.0634. The van der Waals surface area contributed by atoms with Crippen LogP contribution in [0.2, 0.25) is 0 Å². The first-order chi connectivity index (χ1) is 12.8. The highest BCUT2D eigenvalue weighted by molar-refractivity contribution is 7.80. The van der Waals surface area contributed by atoms with E-state index in [1.165, 1.54) is 89.9 Å². The van der Waals surface area contributed by atoms with Crippen LogP contribution in [0.5, 0.6) is 0 Å². The molecule has 0 spiro atoms. The number of esters is 1. The van der Waals surface area contributed by atoms with Crippen LogP contribution in [0.25, 0.3) is 0 Å². The molecule has 0 aliphatic rings. The molecular formula is C23H44O2S. The summed E-state index contributed by atoms with van der Waals surface area (Å²) in [5, 5.41) is 0. The predicted molar refractivity (Wildman–Crippen MR) is 118 cm³/mol. The summed E-state index contributed by atoms with van der Waals surface area (Å²) in [7, 11) is 0. The van der Waals surface area contributed by atoms with E-state index in [2.05, 4.69) is 31.7 Å². The minimum Gasteiger partial charge on any atom is -0.465 e. The average Bonchev–Trinajstić information content (AvgIpc) is 2.65. The van der Waals surface area contributed by atoms with Gasteiger partial charge in [-0.15, -0.1) is 0 Å². The van der Waals surface area contributed by atoms with Crippen LogP contribution in [0.3, 0.4) is 0 Å². The first-order valence-corrected chi connectivity index (χ1v) is 11.9. The molecule has 0 atom stereocenters. The van der Waals surface area contributed by atoms with Crippen molar-refractivity contribution in [3.05, 3.63) is 12.2 Å². The third-order valence-corrected chi connectivity index (χ3v) is 4.93. The Kier molecular flexibility index (Phi) is 22.2. The zero-order valence-corrected chi connectivity index (χ0v) is 18.2. The lowest BCUT2D eigenvalue weighted by atomic mass is 10.0. The van der Waals surface area contributed by atoms with Crippen LogP contribution in [0, 0.1) is 0 Å². The van der Waals surface area contributed by atoms with Gasteiger partial charge < -0.3 is 4.74 Å². The molecule has 0 aromatic rings. The van der Waals surface area contributed by atoms with Gasteiger partial charge in [0.15, 0.2) is 0 Å². The second-order valence-corrected chi connectivity index (χ2v) is 7.79. The molecule has 0 N–H and O–H groups in total. The molecule has 0 unspecified atom stereocenters. The molecular weight excluding hydrogens is 340 g/mol. The Morgan fingerprint density at radius 3 is 1.69 bits per heavy atom. The molecule has 0 rings (SSSR count). The van der Waals surface area contributed by atoms with Crippen LogP contribution in [-0.2, 0) is 9.53 Å². The molecule has 2 nitrogen and oxygen atoms in total. The molecule has 0 saturated heterocycles. The topological polar surface area (TPSA) is 26.3 Å². The molecule has 3 heteroatoms. The second kappa shape index (κ2) is 22.6. The highest BCUT2D eigenvalue weighted by Crippen LogP contribution is 2.13. The lowest BCUT2D eigenvalue weighted by molar-refractivity contribution is -0.143. The second-order valence-electron chi connectivity index (χ2n) is 7.34. The summed E-state index contributed by atoms with van der Waals surface area (Å²) >= 11 is 4.03. The zero-order valence-electron chi connectivity index (χ0n) is 17.4. The summed E-state index contributed by atoms with van der Waals surface area (Å²) in [6, 6.07) is 0. The summed E-state index contributed by atoms with van der Waals surface area (Å²) < 4.78 is 5.01. The Bertz CT molecular complexity index is 315. The van der Waals surface area contributed by atoms with Gasteiger partial charge in [0, 0.05) is 12.2 Å². The number of hydrogen-bond acceptors (Lipinski definition) is 3. The van der Waals surface area contributed by atoms with Crippen LogP contribution in [0.1, 0.15) is 116 Å². The Balaban J connectivity index is 3.09. The van der Waals surface area contributed by atoms with Crippen LogP contribution in [0.4, 0.5) is 0 Å². The first-order valence-electron chi connectivity index (χ1n) is 11.2. The van der Waals surface area contributed by atoms with Gasteiger partial charge in [0.2, 0.25) is 0 Å². The van der Waals surface area contributed by atoms with E-state index >= 15 is 0 Å². The Labute approximate surface area is 169 Å². The standard InChI is InChI=1S/C23H44O2S/c1-2-3-4-5-6-7-8-9-10-11-12-13-14-15-16-17-18-19-20-23(24)25-21-22-26/h5-6,26H,2-4,7-22H2,1H3/b6-5+. The number of allylic oxidation sites excluding steroid dienone is 2. The molecule has 0 amide bonds. The Morgan fingerprint density at radius 1 is 0.731 bits per heavy atom. The number of thiol groups is 1. The summed E-state index contributed by atoms with van der Waals surface area (Å²) in [6.45, 7) is 2.69. The number of carbonyl (C=O) groups excluding carboxylic acids is 1. The van der Waals surface area contributed by atoms with E-state index in [1.807, 2.05) is 0 Å². The molecule has 0 aromatic carbocycles. The van der Waals surface area contributed by atoms with Gasteiger partial charge in [-0.05, 0) is 25.7 Å². The fourth-order valence-corrected chi connectivity index (χ4v) is 3.18. The van der Waals surface area contributed by atoms with Gasteiger partial charge in [0.1, 0.15) is 6.61 Å². The number of rotatable bonds is 20. The van der Waals surface area contributed by atoms with Gasteiger partial charge in [0.05, 0.1) is 0 Å². The molecule has 0 aliphatic carbocycles. The maximum Gasteiger partial charge on any atom is 0.305 e.